The van der Waals surface area contributed by atoms with Gasteiger partial charge in [-0.1, -0.05) is 72.3 Å². The molecule has 0 unspecified atom stereocenters. The van der Waals surface area contributed by atoms with E-state index in [1.807, 2.05) is 60.7 Å². The molecule has 0 saturated heterocycles. The van der Waals surface area contributed by atoms with Crippen LogP contribution in [0.4, 0.5) is 5.69 Å². The summed E-state index contributed by atoms with van der Waals surface area (Å²) in [5.41, 5.74) is 7.12. The number of carbonyl (C=O) groups is 1. The molecule has 0 saturated carbocycles. The van der Waals surface area contributed by atoms with Gasteiger partial charge in [-0.25, -0.2) is 0 Å². The van der Waals surface area contributed by atoms with Crippen molar-refractivity contribution in [2.45, 2.75) is 6.42 Å². The van der Waals surface area contributed by atoms with Crippen LogP contribution in [0, 0.1) is 0 Å². The number of benzene rings is 3. The van der Waals surface area contributed by atoms with Crippen molar-refractivity contribution in [3.05, 3.63) is 107 Å². The number of halogens is 1. The Balaban J connectivity index is 0.00000243. The van der Waals surface area contributed by atoms with Gasteiger partial charge in [0.1, 0.15) is 0 Å². The van der Waals surface area contributed by atoms with Gasteiger partial charge in [-0.3, -0.25) is 4.79 Å². The molecule has 0 aromatic heterocycles. The van der Waals surface area contributed by atoms with Crippen LogP contribution in [0.5, 0.6) is 0 Å². The normalized spacial score (nSPS) is 10.7. The van der Waals surface area contributed by atoms with E-state index in [4.69, 9.17) is 11.6 Å². The molecule has 124 valence electrons. The summed E-state index contributed by atoms with van der Waals surface area (Å²) in [6.07, 6.45) is 0.169. The Bertz CT molecular complexity index is 866. The third-order valence-corrected chi connectivity index (χ3v) is 3.90. The van der Waals surface area contributed by atoms with Gasteiger partial charge in [0.15, 0.2) is 5.78 Å². The predicted molar refractivity (Wildman–Crippen MR) is 103 cm³/mol. The second-order valence-corrected chi connectivity index (χ2v) is 5.89. The third kappa shape index (κ3) is 5.61. The Morgan fingerprint density at radius 1 is 0.808 bits per heavy atom. The van der Waals surface area contributed by atoms with Crippen molar-refractivity contribution >= 4 is 28.8 Å². The van der Waals surface area contributed by atoms with Gasteiger partial charge < -0.3 is 10.5 Å². The summed E-state index contributed by atoms with van der Waals surface area (Å²) in [5, 5.41) is 4.95. The van der Waals surface area contributed by atoms with Crippen LogP contribution in [-0.2, 0) is 0 Å². The number of rotatable bonds is 6. The molecular weight excluding hydrogens is 339 g/mol. The number of hydrogen-bond donors (Lipinski definition) is 0. The summed E-state index contributed by atoms with van der Waals surface area (Å²) in [4.78, 5) is 12.6. The molecule has 0 amide bonds. The van der Waals surface area contributed by atoms with Gasteiger partial charge in [-0.2, -0.15) is 0 Å². The summed E-state index contributed by atoms with van der Waals surface area (Å²) in [6, 6.07) is 25.9. The predicted octanol–water partition coefficient (Wildman–Crippen LogP) is 3.03. The monoisotopic (exact) mass is 354 g/mol. The molecule has 0 spiro atoms. The molecule has 0 atom stereocenters. The largest absolute Gasteiger partial charge is 1.00 e. The molecule has 0 N–H and O–H groups in total. The van der Waals surface area contributed by atoms with Crippen LogP contribution in [0.2, 0.25) is 5.02 Å². The number of carbonyl (C=O) groups excluding carboxylic acids is 1. The van der Waals surface area contributed by atoms with Gasteiger partial charge in [-0.15, -0.1) is 5.69 Å². The number of nitrogens with zero attached hydrogens (tertiary/aromatic N) is 2. The molecule has 3 nitrogen and oxygen atoms in total. The van der Waals surface area contributed by atoms with Crippen LogP contribution in [0.3, 0.4) is 0 Å². The molecule has 3 aromatic carbocycles. The zero-order valence-corrected chi connectivity index (χ0v) is 15.2. The molecule has 0 aliphatic carbocycles. The third-order valence-electron chi connectivity index (χ3n) is 3.64. The van der Waals surface area contributed by atoms with Crippen molar-refractivity contribution < 1.29 is 23.7 Å². The maximum atomic E-state index is 12.6. The number of ketones is 1. The van der Waals surface area contributed by atoms with E-state index in [0.29, 0.717) is 16.3 Å². The molecule has 0 aliphatic heterocycles. The van der Waals surface area contributed by atoms with Gasteiger partial charge >= 0.3 is 18.9 Å². The van der Waals surface area contributed by atoms with Crippen LogP contribution < -0.4 is 18.9 Å². The van der Waals surface area contributed by atoms with E-state index in [9.17, 15) is 4.79 Å². The Labute approximate surface area is 170 Å². The standard InChI is InChI=1S/C21H16ClN2O.Li/c22-18-13-11-17(12-14-18)21(25)15-20(16-7-3-1-4-8-16)24-23-19-9-5-2-6-10-19;/h1-14H,15H2;/q-1;+1/b24-20+;. The summed E-state index contributed by atoms with van der Waals surface area (Å²) in [7, 11) is 0. The van der Waals surface area contributed by atoms with E-state index in [-0.39, 0.29) is 31.1 Å². The fraction of sp³-hybridized carbons (Fsp3) is 0.0476. The van der Waals surface area contributed by atoms with Gasteiger partial charge in [0.05, 0.1) is 6.42 Å². The minimum Gasteiger partial charge on any atom is -0.575 e. The molecule has 0 aliphatic rings. The Kier molecular flexibility index (Phi) is 7.68. The number of Topliss-reactive ketones (excluding diaryl/α,β-unsaturated/α-hetero) is 1. The minimum atomic E-state index is -0.0254. The summed E-state index contributed by atoms with van der Waals surface area (Å²) in [6.45, 7) is 0. The second kappa shape index (κ2) is 9.99. The van der Waals surface area contributed by atoms with Crippen molar-refractivity contribution in [3.8, 4) is 0 Å². The topological polar surface area (TPSA) is 43.5 Å². The molecule has 0 heterocycles. The van der Waals surface area contributed by atoms with Crippen molar-refractivity contribution in [2.24, 2.45) is 5.10 Å². The summed E-state index contributed by atoms with van der Waals surface area (Å²) < 4.78 is 0. The van der Waals surface area contributed by atoms with Crippen LogP contribution in [-0.4, -0.2) is 11.5 Å². The van der Waals surface area contributed by atoms with Crippen molar-refractivity contribution in [2.75, 3.05) is 0 Å². The number of hydrogen-bond acceptors (Lipinski definition) is 2. The Morgan fingerprint density at radius 2 is 1.38 bits per heavy atom. The molecule has 0 fully saturated rings. The summed E-state index contributed by atoms with van der Waals surface area (Å²) in [5.74, 6) is -0.0254. The SMILES string of the molecule is O=C(C/C(=N\[N-]c1ccccc1)c1ccccc1)c1ccc(Cl)cc1.[Li+]. The summed E-state index contributed by atoms with van der Waals surface area (Å²) >= 11 is 5.89. The zero-order valence-electron chi connectivity index (χ0n) is 14.5. The van der Waals surface area contributed by atoms with E-state index in [1.165, 1.54) is 0 Å². The zero-order chi connectivity index (χ0) is 17.5. The molecule has 0 bridgehead atoms. The van der Waals surface area contributed by atoms with Crippen molar-refractivity contribution in [1.82, 2.24) is 0 Å². The first kappa shape index (κ1) is 20.0. The van der Waals surface area contributed by atoms with Crippen LogP contribution in [0.1, 0.15) is 22.3 Å². The molecule has 0 radical (unpaired) electrons. The minimum absolute atomic E-state index is 0. The molecule has 26 heavy (non-hydrogen) atoms. The van der Waals surface area contributed by atoms with E-state index < -0.39 is 0 Å². The average molecular weight is 355 g/mol. The van der Waals surface area contributed by atoms with Gasteiger partial charge in [-0.05, 0) is 29.8 Å². The van der Waals surface area contributed by atoms with E-state index in [2.05, 4.69) is 10.5 Å². The fourth-order valence-electron chi connectivity index (χ4n) is 2.33. The maximum absolute atomic E-state index is 12.6. The van der Waals surface area contributed by atoms with E-state index in [0.717, 1.165) is 11.3 Å². The van der Waals surface area contributed by atoms with Gasteiger partial charge in [0.2, 0.25) is 0 Å². The molecular formula is C21H16ClLiN2O. The first-order chi connectivity index (χ1) is 12.2. The van der Waals surface area contributed by atoms with Crippen LogP contribution in [0.25, 0.3) is 5.43 Å². The van der Waals surface area contributed by atoms with Gasteiger partial charge in [0, 0.05) is 16.3 Å². The Hall–Kier alpha value is -2.31. The average Bonchev–Trinajstić information content (AvgIpc) is 2.67. The maximum Gasteiger partial charge on any atom is 1.00 e. The smallest absolute Gasteiger partial charge is 0.575 e. The van der Waals surface area contributed by atoms with Crippen molar-refractivity contribution in [3.63, 3.8) is 0 Å². The van der Waals surface area contributed by atoms with Gasteiger partial charge in [0.25, 0.3) is 0 Å². The van der Waals surface area contributed by atoms with Crippen LogP contribution in [0.15, 0.2) is 90.0 Å². The van der Waals surface area contributed by atoms with Crippen molar-refractivity contribution in [1.29, 1.82) is 0 Å². The second-order valence-electron chi connectivity index (χ2n) is 5.46. The molecule has 3 aromatic rings. The Morgan fingerprint density at radius 3 is 2.00 bits per heavy atom. The fourth-order valence-corrected chi connectivity index (χ4v) is 2.45. The molecule has 5 heteroatoms. The molecule has 3 rings (SSSR count). The van der Waals surface area contributed by atoms with E-state index >= 15 is 0 Å². The first-order valence-corrected chi connectivity index (χ1v) is 8.27. The van der Waals surface area contributed by atoms with E-state index in [1.54, 1.807) is 24.3 Å². The quantitative estimate of drug-likeness (QED) is 0.290. The van der Waals surface area contributed by atoms with Crippen LogP contribution >= 0.6 is 11.6 Å². The first-order valence-electron chi connectivity index (χ1n) is 7.89.